The summed E-state index contributed by atoms with van der Waals surface area (Å²) in [6.07, 6.45) is 5.19. The average molecular weight is 198 g/mol. The van der Waals surface area contributed by atoms with Crippen LogP contribution < -0.4 is 5.73 Å². The molecule has 0 saturated carbocycles. The standard InChI is InChI=1S/C12H26N2/c1-4-5-12(10-13)6-8-14(9-7-12)11(2)3/h11H,4-10,13H2,1-3H3. The Hall–Kier alpha value is -0.0800. The van der Waals surface area contributed by atoms with Crippen LogP contribution in [0, 0.1) is 5.41 Å². The zero-order valence-electron chi connectivity index (χ0n) is 10.1. The van der Waals surface area contributed by atoms with E-state index in [1.807, 2.05) is 0 Å². The summed E-state index contributed by atoms with van der Waals surface area (Å²) in [6, 6.07) is 0.701. The number of nitrogens with zero attached hydrogens (tertiary/aromatic N) is 1. The van der Waals surface area contributed by atoms with Gasteiger partial charge in [0.1, 0.15) is 0 Å². The first-order chi connectivity index (χ1) is 6.63. The second-order valence-electron chi connectivity index (χ2n) is 5.08. The third kappa shape index (κ3) is 2.71. The van der Waals surface area contributed by atoms with E-state index in [2.05, 4.69) is 25.7 Å². The van der Waals surface area contributed by atoms with E-state index in [-0.39, 0.29) is 0 Å². The summed E-state index contributed by atoms with van der Waals surface area (Å²) in [5.74, 6) is 0. The molecule has 84 valence electrons. The maximum atomic E-state index is 5.93. The van der Waals surface area contributed by atoms with Gasteiger partial charge >= 0.3 is 0 Å². The highest BCUT2D eigenvalue weighted by molar-refractivity contribution is 4.87. The first-order valence-corrected chi connectivity index (χ1v) is 6.07. The summed E-state index contributed by atoms with van der Waals surface area (Å²) < 4.78 is 0. The van der Waals surface area contributed by atoms with Crippen molar-refractivity contribution in [3.8, 4) is 0 Å². The Balaban J connectivity index is 2.46. The molecule has 1 aliphatic heterocycles. The van der Waals surface area contributed by atoms with Gasteiger partial charge in [-0.15, -0.1) is 0 Å². The molecule has 1 aliphatic rings. The van der Waals surface area contributed by atoms with Gasteiger partial charge in [-0.05, 0) is 58.2 Å². The first-order valence-electron chi connectivity index (χ1n) is 6.07. The molecule has 0 spiro atoms. The second-order valence-corrected chi connectivity index (χ2v) is 5.08. The third-order valence-electron chi connectivity index (χ3n) is 3.80. The lowest BCUT2D eigenvalue weighted by molar-refractivity contribution is 0.0809. The Kier molecular flexibility index (Phi) is 4.39. The minimum Gasteiger partial charge on any atom is -0.330 e. The van der Waals surface area contributed by atoms with Crippen LogP contribution >= 0.6 is 0 Å². The predicted octanol–water partition coefficient (Wildman–Crippen LogP) is 2.24. The monoisotopic (exact) mass is 198 g/mol. The Morgan fingerprint density at radius 1 is 1.29 bits per heavy atom. The van der Waals surface area contributed by atoms with Gasteiger partial charge in [-0.2, -0.15) is 0 Å². The van der Waals surface area contributed by atoms with Gasteiger partial charge in [-0.3, -0.25) is 0 Å². The molecule has 0 aliphatic carbocycles. The topological polar surface area (TPSA) is 29.3 Å². The summed E-state index contributed by atoms with van der Waals surface area (Å²) in [6.45, 7) is 10.2. The van der Waals surface area contributed by atoms with Crippen molar-refractivity contribution in [3.63, 3.8) is 0 Å². The van der Waals surface area contributed by atoms with Gasteiger partial charge in [0.2, 0.25) is 0 Å². The number of piperidine rings is 1. The molecule has 2 nitrogen and oxygen atoms in total. The van der Waals surface area contributed by atoms with E-state index < -0.39 is 0 Å². The molecular weight excluding hydrogens is 172 g/mol. The van der Waals surface area contributed by atoms with Crippen LogP contribution in [0.1, 0.15) is 46.5 Å². The summed E-state index contributed by atoms with van der Waals surface area (Å²) in [5.41, 5.74) is 6.40. The summed E-state index contributed by atoms with van der Waals surface area (Å²) in [7, 11) is 0. The Labute approximate surface area is 88.8 Å². The van der Waals surface area contributed by atoms with Gasteiger partial charge in [0.05, 0.1) is 0 Å². The molecule has 0 unspecified atom stereocenters. The van der Waals surface area contributed by atoms with Crippen molar-refractivity contribution in [1.82, 2.24) is 4.90 Å². The van der Waals surface area contributed by atoms with E-state index in [4.69, 9.17) is 5.73 Å². The van der Waals surface area contributed by atoms with Crippen molar-refractivity contribution in [1.29, 1.82) is 0 Å². The maximum absolute atomic E-state index is 5.93. The summed E-state index contributed by atoms with van der Waals surface area (Å²) in [5, 5.41) is 0. The van der Waals surface area contributed by atoms with E-state index in [1.54, 1.807) is 0 Å². The van der Waals surface area contributed by atoms with Crippen LogP contribution in [0.4, 0.5) is 0 Å². The molecule has 0 aromatic carbocycles. The molecular formula is C12H26N2. The molecule has 1 fully saturated rings. The smallest absolute Gasteiger partial charge is 0.00385 e. The quantitative estimate of drug-likeness (QED) is 0.750. The number of likely N-dealkylation sites (tertiary alicyclic amines) is 1. The fourth-order valence-corrected chi connectivity index (χ4v) is 2.60. The molecule has 0 atom stereocenters. The molecule has 2 heteroatoms. The van der Waals surface area contributed by atoms with Crippen LogP contribution in [0.25, 0.3) is 0 Å². The van der Waals surface area contributed by atoms with Gasteiger partial charge in [0.25, 0.3) is 0 Å². The molecule has 14 heavy (non-hydrogen) atoms. The van der Waals surface area contributed by atoms with E-state index in [0.29, 0.717) is 11.5 Å². The number of rotatable bonds is 4. The van der Waals surface area contributed by atoms with Crippen LogP contribution in [0.2, 0.25) is 0 Å². The van der Waals surface area contributed by atoms with Crippen molar-refractivity contribution in [2.45, 2.75) is 52.5 Å². The average Bonchev–Trinajstić information content (AvgIpc) is 2.19. The van der Waals surface area contributed by atoms with Crippen LogP contribution in [0.15, 0.2) is 0 Å². The molecule has 0 aromatic heterocycles. The first kappa shape index (κ1) is 12.0. The van der Waals surface area contributed by atoms with Crippen LogP contribution in [-0.4, -0.2) is 30.6 Å². The van der Waals surface area contributed by atoms with E-state index in [9.17, 15) is 0 Å². The van der Waals surface area contributed by atoms with Crippen molar-refractivity contribution in [3.05, 3.63) is 0 Å². The van der Waals surface area contributed by atoms with Crippen molar-refractivity contribution in [2.75, 3.05) is 19.6 Å². The van der Waals surface area contributed by atoms with Crippen molar-refractivity contribution >= 4 is 0 Å². The number of nitrogens with two attached hydrogens (primary N) is 1. The van der Waals surface area contributed by atoms with Crippen LogP contribution in [0.3, 0.4) is 0 Å². The predicted molar refractivity (Wildman–Crippen MR) is 62.3 cm³/mol. The fourth-order valence-electron chi connectivity index (χ4n) is 2.60. The lowest BCUT2D eigenvalue weighted by Gasteiger charge is -2.42. The highest BCUT2D eigenvalue weighted by Crippen LogP contribution is 2.35. The largest absolute Gasteiger partial charge is 0.330 e. The third-order valence-corrected chi connectivity index (χ3v) is 3.80. The zero-order valence-corrected chi connectivity index (χ0v) is 10.1. The molecule has 2 N–H and O–H groups in total. The molecule has 0 aromatic rings. The van der Waals surface area contributed by atoms with Crippen molar-refractivity contribution < 1.29 is 0 Å². The fraction of sp³-hybridized carbons (Fsp3) is 1.00. The van der Waals surface area contributed by atoms with E-state index >= 15 is 0 Å². The molecule has 0 bridgehead atoms. The molecule has 1 saturated heterocycles. The van der Waals surface area contributed by atoms with Gasteiger partial charge in [0.15, 0.2) is 0 Å². The molecule has 0 radical (unpaired) electrons. The lowest BCUT2D eigenvalue weighted by Crippen LogP contribution is -2.46. The summed E-state index contributed by atoms with van der Waals surface area (Å²) in [4.78, 5) is 2.57. The minimum atomic E-state index is 0.472. The SMILES string of the molecule is CCCC1(CN)CCN(C(C)C)CC1. The number of hydrogen-bond donors (Lipinski definition) is 1. The van der Waals surface area contributed by atoms with E-state index in [0.717, 1.165) is 6.54 Å². The van der Waals surface area contributed by atoms with Crippen LogP contribution in [-0.2, 0) is 0 Å². The maximum Gasteiger partial charge on any atom is 0.00385 e. The Morgan fingerprint density at radius 2 is 1.86 bits per heavy atom. The van der Waals surface area contributed by atoms with Gasteiger partial charge in [-0.25, -0.2) is 0 Å². The van der Waals surface area contributed by atoms with Gasteiger partial charge in [-0.1, -0.05) is 13.3 Å². The highest BCUT2D eigenvalue weighted by Gasteiger charge is 2.32. The van der Waals surface area contributed by atoms with E-state index in [1.165, 1.54) is 38.8 Å². The van der Waals surface area contributed by atoms with Crippen LogP contribution in [0.5, 0.6) is 0 Å². The second kappa shape index (κ2) is 5.13. The van der Waals surface area contributed by atoms with Gasteiger partial charge in [0, 0.05) is 6.04 Å². The Morgan fingerprint density at radius 3 is 2.21 bits per heavy atom. The molecule has 0 amide bonds. The number of hydrogen-bond acceptors (Lipinski definition) is 2. The molecule has 1 heterocycles. The normalized spacial score (nSPS) is 22.9. The molecule has 1 rings (SSSR count). The zero-order chi connectivity index (χ0) is 10.6. The van der Waals surface area contributed by atoms with Crippen molar-refractivity contribution in [2.24, 2.45) is 11.1 Å². The Bertz CT molecular complexity index is 158. The summed E-state index contributed by atoms with van der Waals surface area (Å²) >= 11 is 0. The lowest BCUT2D eigenvalue weighted by atomic mass is 9.75. The minimum absolute atomic E-state index is 0.472. The highest BCUT2D eigenvalue weighted by atomic mass is 15.2. The van der Waals surface area contributed by atoms with Gasteiger partial charge < -0.3 is 10.6 Å².